The van der Waals surface area contributed by atoms with Crippen molar-refractivity contribution in [2.75, 3.05) is 0 Å². The summed E-state index contributed by atoms with van der Waals surface area (Å²) in [5.41, 5.74) is -0.0315. The van der Waals surface area contributed by atoms with Crippen LogP contribution in [-0.2, 0) is 4.89 Å². The van der Waals surface area contributed by atoms with Crippen LogP contribution in [0.4, 0.5) is 13.2 Å². The molecule has 0 bridgehead atoms. The lowest BCUT2D eigenvalue weighted by atomic mass is 10.6. The molecule has 0 aromatic rings. The zero-order valence-electron chi connectivity index (χ0n) is 3.94. The van der Waals surface area contributed by atoms with Crippen LogP contribution in [0.5, 0.6) is 0 Å². The second-order valence-corrected chi connectivity index (χ2v) is 1.28. The van der Waals surface area contributed by atoms with Crippen LogP contribution < -0.4 is 0 Å². The molecule has 0 heterocycles. The molecule has 0 saturated carbocycles. The highest BCUT2D eigenvalue weighted by Crippen LogP contribution is 2.25. The zero-order chi connectivity index (χ0) is 7.49. The van der Waals surface area contributed by atoms with Crippen molar-refractivity contribution in [3.05, 3.63) is 11.4 Å². The Bertz CT molecular complexity index is 124. The first kappa shape index (κ1) is 8.74. The lowest BCUT2D eigenvalue weighted by Gasteiger charge is -2.06. The first-order chi connectivity index (χ1) is 4.04. The molecule has 54 valence electrons. The second-order valence-electron chi connectivity index (χ2n) is 1.07. The van der Waals surface area contributed by atoms with Gasteiger partial charge in [0.05, 0.1) is 0 Å². The van der Waals surface area contributed by atoms with E-state index in [0.717, 1.165) is 0 Å². The topological polar surface area (TPSA) is 29.5 Å². The smallest absolute Gasteiger partial charge is 0.246 e. The van der Waals surface area contributed by atoms with Gasteiger partial charge < -0.3 is 0 Å². The number of hydrogen-bond acceptors (Lipinski definition) is 2. The van der Waals surface area contributed by atoms with Gasteiger partial charge in [0.15, 0.2) is 0 Å². The Balaban J connectivity index is 4.14. The van der Waals surface area contributed by atoms with Crippen molar-refractivity contribution in [3.8, 4) is 0 Å². The third-order valence-electron chi connectivity index (χ3n) is 0.488. The summed E-state index contributed by atoms with van der Waals surface area (Å²) in [4.78, 5) is 2.43. The van der Waals surface area contributed by atoms with Crippen molar-refractivity contribution in [1.29, 1.82) is 0 Å². The van der Waals surface area contributed by atoms with E-state index >= 15 is 0 Å². The lowest BCUT2D eigenvalue weighted by Crippen LogP contribution is -2.19. The van der Waals surface area contributed by atoms with Gasteiger partial charge in [0.1, 0.15) is 0 Å². The Kier molecular flexibility index (Phi) is 2.96. The summed E-state index contributed by atoms with van der Waals surface area (Å²) < 4.78 is 34.7. The minimum absolute atomic E-state index is 0.0315. The lowest BCUT2D eigenvalue weighted by molar-refractivity contribution is -0.402. The molecule has 9 heavy (non-hydrogen) atoms. The normalized spacial score (nSPS) is 14.1. The van der Waals surface area contributed by atoms with Gasteiger partial charge in [-0.15, -0.1) is 0 Å². The summed E-state index contributed by atoms with van der Waals surface area (Å²) in [6, 6.07) is 0. The fourth-order valence-corrected chi connectivity index (χ4v) is 0.234. The Morgan fingerprint density at radius 2 is 2.11 bits per heavy atom. The van der Waals surface area contributed by atoms with E-state index in [0.29, 0.717) is 0 Å². The predicted molar refractivity (Wildman–Crippen MR) is 23.7 cm³/mol. The molecule has 0 rings (SSSR count). The van der Waals surface area contributed by atoms with Crippen LogP contribution in [0.25, 0.3) is 0 Å². The highest BCUT2D eigenvalue weighted by Gasteiger charge is 2.37. The average molecular weight is 162 g/mol. The maximum Gasteiger partial charge on any atom is 0.435 e. The zero-order valence-corrected chi connectivity index (χ0v) is 4.70. The molecule has 0 amide bonds. The molecule has 6 heteroatoms. The van der Waals surface area contributed by atoms with E-state index in [1.165, 1.54) is 0 Å². The fourth-order valence-electron chi connectivity index (χ4n) is 0.107. The molecule has 0 aliphatic rings. The Hall–Kier alpha value is -0.260. The van der Waals surface area contributed by atoms with Crippen LogP contribution >= 0.6 is 11.6 Å². The van der Waals surface area contributed by atoms with E-state index in [9.17, 15) is 13.2 Å². The van der Waals surface area contributed by atoms with Gasteiger partial charge in [-0.05, 0) is 0 Å². The monoisotopic (exact) mass is 162 g/mol. The van der Waals surface area contributed by atoms with Gasteiger partial charge in [0, 0.05) is 5.54 Å². The minimum Gasteiger partial charge on any atom is -0.246 e. The van der Waals surface area contributed by atoms with Gasteiger partial charge in [-0.2, -0.15) is 13.7 Å². The summed E-state index contributed by atoms with van der Waals surface area (Å²) >= 11 is 4.51. The van der Waals surface area contributed by atoms with Gasteiger partial charge >= 0.3 is 6.11 Å². The first-order valence-corrected chi connectivity index (χ1v) is 2.15. The van der Waals surface area contributed by atoms with Gasteiger partial charge in [0.2, 0.25) is 5.83 Å². The third kappa shape index (κ3) is 2.21. The standard InChI is InChI=1S/C3H2ClF3O2/c4-1-2(5)3(6,7)9-8/h1,8H. The number of rotatable bonds is 2. The number of hydrogen-bond donors (Lipinski definition) is 1. The summed E-state index contributed by atoms with van der Waals surface area (Å²) in [5, 5.41) is 7.31. The van der Waals surface area contributed by atoms with Crippen LogP contribution in [0.2, 0.25) is 0 Å². The van der Waals surface area contributed by atoms with Gasteiger partial charge in [0.25, 0.3) is 0 Å². The van der Waals surface area contributed by atoms with E-state index in [2.05, 4.69) is 16.5 Å². The maximum absolute atomic E-state index is 11.6. The van der Waals surface area contributed by atoms with E-state index in [1.807, 2.05) is 0 Å². The predicted octanol–water partition coefficient (Wildman–Crippen LogP) is 2.12. The average Bonchev–Trinajstić information content (AvgIpc) is 1.86. The van der Waals surface area contributed by atoms with Crippen LogP contribution in [0.1, 0.15) is 0 Å². The third-order valence-corrected chi connectivity index (χ3v) is 0.680. The molecule has 0 aliphatic carbocycles. The molecule has 0 spiro atoms. The molecule has 0 fully saturated rings. The van der Waals surface area contributed by atoms with Crippen molar-refractivity contribution < 1.29 is 23.3 Å². The SMILES string of the molecule is OOC(F)(F)C(F)=CCl. The van der Waals surface area contributed by atoms with Gasteiger partial charge in [-0.1, -0.05) is 11.6 Å². The van der Waals surface area contributed by atoms with E-state index in [1.54, 1.807) is 0 Å². The maximum atomic E-state index is 11.6. The van der Waals surface area contributed by atoms with Crippen LogP contribution in [0.15, 0.2) is 11.4 Å². The van der Waals surface area contributed by atoms with E-state index in [4.69, 9.17) is 5.26 Å². The minimum atomic E-state index is -4.33. The Labute approximate surface area is 53.4 Å². The molecular formula is C3H2ClF3O2. The molecular weight excluding hydrogens is 160 g/mol. The molecule has 2 nitrogen and oxygen atoms in total. The first-order valence-electron chi connectivity index (χ1n) is 1.71. The Morgan fingerprint density at radius 1 is 1.67 bits per heavy atom. The summed E-state index contributed by atoms with van der Waals surface area (Å²) in [5.74, 6) is -2.05. The number of halogens is 4. The molecule has 0 aromatic carbocycles. The van der Waals surface area contributed by atoms with Crippen LogP contribution in [-0.4, -0.2) is 11.4 Å². The molecule has 0 aromatic heterocycles. The van der Waals surface area contributed by atoms with E-state index < -0.39 is 11.9 Å². The van der Waals surface area contributed by atoms with Crippen LogP contribution in [0.3, 0.4) is 0 Å². The molecule has 1 N–H and O–H groups in total. The van der Waals surface area contributed by atoms with Crippen molar-refractivity contribution in [2.24, 2.45) is 0 Å². The summed E-state index contributed by atoms with van der Waals surface area (Å²) in [6.07, 6.45) is -4.33. The van der Waals surface area contributed by atoms with Gasteiger partial charge in [-0.25, -0.2) is 9.65 Å². The second kappa shape index (κ2) is 3.05. The molecule has 0 aliphatic heterocycles. The highest BCUT2D eigenvalue weighted by atomic mass is 35.5. The molecule has 0 radical (unpaired) electrons. The van der Waals surface area contributed by atoms with Crippen molar-refractivity contribution >= 4 is 11.6 Å². The largest absolute Gasteiger partial charge is 0.435 e. The highest BCUT2D eigenvalue weighted by molar-refractivity contribution is 6.25. The Morgan fingerprint density at radius 3 is 2.22 bits per heavy atom. The fraction of sp³-hybridized carbons (Fsp3) is 0.333. The summed E-state index contributed by atoms with van der Waals surface area (Å²) in [7, 11) is 0. The molecule has 0 atom stereocenters. The van der Waals surface area contributed by atoms with Crippen molar-refractivity contribution in [2.45, 2.75) is 6.11 Å². The quantitative estimate of drug-likeness (QED) is 0.498. The van der Waals surface area contributed by atoms with Gasteiger partial charge in [-0.3, -0.25) is 0 Å². The van der Waals surface area contributed by atoms with E-state index in [-0.39, 0.29) is 5.54 Å². The molecule has 0 unspecified atom stereocenters. The number of alkyl halides is 2. The summed E-state index contributed by atoms with van der Waals surface area (Å²) in [6.45, 7) is 0. The van der Waals surface area contributed by atoms with Crippen LogP contribution in [0, 0.1) is 0 Å². The van der Waals surface area contributed by atoms with Crippen molar-refractivity contribution in [3.63, 3.8) is 0 Å². The van der Waals surface area contributed by atoms with Crippen molar-refractivity contribution in [1.82, 2.24) is 0 Å². The molecule has 0 saturated heterocycles.